The van der Waals surface area contributed by atoms with Gasteiger partial charge in [-0.05, 0) is 78.5 Å². The molecule has 0 radical (unpaired) electrons. The Labute approximate surface area is 259 Å². The average Bonchev–Trinajstić information content (AvgIpc) is 3.22. The number of ether oxygens (including phenoxy) is 6. The standard InChI is InChI=1S/C32H46N2O10/c1-31(2,3)43-29(37)34-19-25(41-30(38)44-32(4,5)6)26(24(34)16-20-8-10-23(39-7)11-9-20)42-28(36)22-17-33(18-22)27(35)21-12-14-40-15-13-21/h8-11,21-22,24-26H,12-19H2,1-7H3/t24-,25+,26+/m1/s1. The Bertz CT molecular complexity index is 1180. The van der Waals surface area contributed by atoms with Gasteiger partial charge in [0, 0.05) is 32.2 Å². The molecule has 3 atom stereocenters. The monoisotopic (exact) mass is 618 g/mol. The van der Waals surface area contributed by atoms with Gasteiger partial charge < -0.3 is 33.3 Å². The molecule has 3 heterocycles. The van der Waals surface area contributed by atoms with E-state index in [1.807, 2.05) is 12.1 Å². The van der Waals surface area contributed by atoms with Crippen molar-refractivity contribution in [3.05, 3.63) is 29.8 Å². The van der Waals surface area contributed by atoms with Crippen LogP contribution < -0.4 is 4.74 Å². The minimum Gasteiger partial charge on any atom is -0.497 e. The second-order valence-electron chi connectivity index (χ2n) is 13.6. The maximum Gasteiger partial charge on any atom is 0.509 e. The topological polar surface area (TPSA) is 130 Å². The summed E-state index contributed by atoms with van der Waals surface area (Å²) in [4.78, 5) is 55.7. The molecule has 0 aromatic heterocycles. The molecule has 0 unspecified atom stereocenters. The summed E-state index contributed by atoms with van der Waals surface area (Å²) < 4.78 is 33.5. The van der Waals surface area contributed by atoms with E-state index in [1.165, 1.54) is 4.90 Å². The summed E-state index contributed by atoms with van der Waals surface area (Å²) in [5.74, 6) is -0.452. The number of rotatable bonds is 7. The number of benzene rings is 1. The molecule has 1 aromatic rings. The van der Waals surface area contributed by atoms with Gasteiger partial charge in [-0.1, -0.05) is 12.1 Å². The summed E-state index contributed by atoms with van der Waals surface area (Å²) in [7, 11) is 1.57. The van der Waals surface area contributed by atoms with Crippen LogP contribution in [0, 0.1) is 11.8 Å². The molecule has 0 saturated carbocycles. The summed E-state index contributed by atoms with van der Waals surface area (Å²) in [5, 5.41) is 0. The van der Waals surface area contributed by atoms with Gasteiger partial charge in [-0.15, -0.1) is 0 Å². The zero-order valence-corrected chi connectivity index (χ0v) is 26.8. The largest absolute Gasteiger partial charge is 0.509 e. The Balaban J connectivity index is 1.55. The molecule has 12 nitrogen and oxygen atoms in total. The van der Waals surface area contributed by atoms with Crippen LogP contribution >= 0.6 is 0 Å². The Morgan fingerprint density at radius 1 is 0.841 bits per heavy atom. The molecule has 244 valence electrons. The second kappa shape index (κ2) is 13.6. The number of hydrogen-bond acceptors (Lipinski definition) is 10. The fourth-order valence-electron chi connectivity index (χ4n) is 5.52. The Kier molecular flexibility index (Phi) is 10.3. The quantitative estimate of drug-likeness (QED) is 0.327. The van der Waals surface area contributed by atoms with Crippen LogP contribution in [0.4, 0.5) is 9.59 Å². The van der Waals surface area contributed by atoms with E-state index >= 15 is 0 Å². The van der Waals surface area contributed by atoms with E-state index in [4.69, 9.17) is 28.4 Å². The first-order valence-corrected chi connectivity index (χ1v) is 15.2. The molecular weight excluding hydrogens is 572 g/mol. The lowest BCUT2D eigenvalue weighted by molar-refractivity contribution is -0.170. The summed E-state index contributed by atoms with van der Waals surface area (Å²) in [6.45, 7) is 12.0. The minimum atomic E-state index is -1.01. The highest BCUT2D eigenvalue weighted by molar-refractivity contribution is 5.83. The van der Waals surface area contributed by atoms with Gasteiger partial charge in [-0.2, -0.15) is 0 Å². The lowest BCUT2D eigenvalue weighted by atomic mass is 9.93. The van der Waals surface area contributed by atoms with Crippen LogP contribution in [0.1, 0.15) is 59.9 Å². The van der Waals surface area contributed by atoms with E-state index in [0.29, 0.717) is 31.8 Å². The van der Waals surface area contributed by atoms with Crippen molar-refractivity contribution in [3.63, 3.8) is 0 Å². The number of amides is 2. The lowest BCUT2D eigenvalue weighted by Crippen LogP contribution is -2.56. The van der Waals surface area contributed by atoms with Crippen molar-refractivity contribution < 1.29 is 47.6 Å². The molecule has 44 heavy (non-hydrogen) atoms. The Morgan fingerprint density at radius 2 is 1.45 bits per heavy atom. The van der Waals surface area contributed by atoms with Crippen LogP contribution in [0.3, 0.4) is 0 Å². The molecule has 1 aromatic carbocycles. The Morgan fingerprint density at radius 3 is 2.02 bits per heavy atom. The van der Waals surface area contributed by atoms with Gasteiger partial charge in [0.05, 0.1) is 25.6 Å². The fourth-order valence-corrected chi connectivity index (χ4v) is 5.52. The van der Waals surface area contributed by atoms with E-state index in [9.17, 15) is 19.2 Å². The maximum atomic E-state index is 13.5. The predicted octanol–water partition coefficient (Wildman–Crippen LogP) is 3.97. The minimum absolute atomic E-state index is 0.0258. The van der Waals surface area contributed by atoms with Gasteiger partial charge in [0.1, 0.15) is 17.0 Å². The van der Waals surface area contributed by atoms with E-state index < -0.39 is 53.6 Å². The highest BCUT2D eigenvalue weighted by Crippen LogP contribution is 2.32. The van der Waals surface area contributed by atoms with E-state index in [-0.39, 0.29) is 37.9 Å². The van der Waals surface area contributed by atoms with Crippen molar-refractivity contribution in [1.82, 2.24) is 9.80 Å². The van der Waals surface area contributed by atoms with Crippen LogP contribution in [-0.2, 0) is 39.7 Å². The van der Waals surface area contributed by atoms with Crippen molar-refractivity contribution in [1.29, 1.82) is 0 Å². The van der Waals surface area contributed by atoms with Crippen LogP contribution in [0.5, 0.6) is 5.75 Å². The molecule has 2 amide bonds. The SMILES string of the molecule is COc1ccc(C[C@@H]2[C@H](OC(=O)C3CN(C(=O)C4CCOCC4)C3)[C@@H](OC(=O)OC(C)(C)C)CN2C(=O)OC(C)(C)C)cc1. The summed E-state index contributed by atoms with van der Waals surface area (Å²) >= 11 is 0. The van der Waals surface area contributed by atoms with Crippen LogP contribution in [-0.4, -0.2) is 103 Å². The smallest absolute Gasteiger partial charge is 0.497 e. The molecular formula is C32H46N2O10. The second-order valence-corrected chi connectivity index (χ2v) is 13.6. The maximum absolute atomic E-state index is 13.5. The van der Waals surface area contributed by atoms with Crippen molar-refractivity contribution >= 4 is 24.1 Å². The first-order chi connectivity index (χ1) is 20.6. The fraction of sp³-hybridized carbons (Fsp3) is 0.688. The van der Waals surface area contributed by atoms with Gasteiger partial charge in [-0.25, -0.2) is 9.59 Å². The summed E-state index contributed by atoms with van der Waals surface area (Å²) in [6, 6.07) is 6.61. The molecule has 0 N–H and O–H groups in total. The number of carbonyl (C=O) groups is 4. The first-order valence-electron chi connectivity index (χ1n) is 15.2. The summed E-state index contributed by atoms with van der Waals surface area (Å²) in [5.41, 5.74) is -0.758. The molecule has 3 aliphatic heterocycles. The number of methoxy groups -OCH3 is 1. The van der Waals surface area contributed by atoms with Gasteiger partial charge in [0.25, 0.3) is 0 Å². The normalized spacial score (nSPS) is 23.0. The molecule has 0 aliphatic carbocycles. The highest BCUT2D eigenvalue weighted by atomic mass is 16.7. The van der Waals surface area contributed by atoms with Gasteiger partial charge in [0.2, 0.25) is 5.91 Å². The number of carbonyl (C=O) groups excluding carboxylic acids is 4. The molecule has 4 rings (SSSR count). The number of nitrogens with zero attached hydrogens (tertiary/aromatic N) is 2. The third-order valence-corrected chi connectivity index (χ3v) is 7.74. The van der Waals surface area contributed by atoms with Crippen molar-refractivity contribution in [3.8, 4) is 5.75 Å². The first kappa shape index (κ1) is 33.4. The third-order valence-electron chi connectivity index (χ3n) is 7.74. The van der Waals surface area contributed by atoms with E-state index in [2.05, 4.69) is 0 Å². The zero-order chi connectivity index (χ0) is 32.2. The zero-order valence-electron chi connectivity index (χ0n) is 26.8. The van der Waals surface area contributed by atoms with Crippen LogP contribution in [0.15, 0.2) is 24.3 Å². The third kappa shape index (κ3) is 8.77. The van der Waals surface area contributed by atoms with Gasteiger partial charge >= 0.3 is 18.2 Å². The number of hydrogen-bond donors (Lipinski definition) is 0. The Hall–Kier alpha value is -3.54. The molecule has 3 aliphatic rings. The van der Waals surface area contributed by atoms with Crippen molar-refractivity contribution in [2.45, 2.75) is 90.3 Å². The highest BCUT2D eigenvalue weighted by Gasteiger charge is 2.51. The van der Waals surface area contributed by atoms with Crippen LogP contribution in [0.2, 0.25) is 0 Å². The molecule has 12 heteroatoms. The van der Waals surface area contributed by atoms with E-state index in [0.717, 1.165) is 5.56 Å². The lowest BCUT2D eigenvalue weighted by Gasteiger charge is -2.41. The van der Waals surface area contributed by atoms with Gasteiger partial charge in [-0.3, -0.25) is 14.5 Å². The van der Waals surface area contributed by atoms with Crippen molar-refractivity contribution in [2.75, 3.05) is 40.0 Å². The molecule has 3 fully saturated rings. The average molecular weight is 619 g/mol. The molecule has 3 saturated heterocycles. The predicted molar refractivity (Wildman–Crippen MR) is 158 cm³/mol. The van der Waals surface area contributed by atoms with Crippen molar-refractivity contribution in [2.24, 2.45) is 11.8 Å². The van der Waals surface area contributed by atoms with E-state index in [1.54, 1.807) is 65.7 Å². The molecule has 0 bridgehead atoms. The molecule has 0 spiro atoms. The number of likely N-dealkylation sites (tertiary alicyclic amines) is 2. The summed E-state index contributed by atoms with van der Waals surface area (Å²) in [6.07, 6.45) is -1.95. The van der Waals surface area contributed by atoms with Crippen LogP contribution in [0.25, 0.3) is 0 Å². The van der Waals surface area contributed by atoms with Gasteiger partial charge in [0.15, 0.2) is 12.2 Å². The number of esters is 1.